The van der Waals surface area contributed by atoms with Gasteiger partial charge in [0.05, 0.1) is 17.1 Å². The molecular weight excluding hydrogens is 426 g/mol. The van der Waals surface area contributed by atoms with Gasteiger partial charge in [-0.2, -0.15) is 8.78 Å². The number of allylic oxidation sites excluding steroid dienone is 1. The fourth-order valence-corrected chi connectivity index (χ4v) is 3.88. The van der Waals surface area contributed by atoms with E-state index in [-0.39, 0.29) is 17.1 Å². The second-order valence-corrected chi connectivity index (χ2v) is 8.41. The van der Waals surface area contributed by atoms with E-state index in [4.69, 9.17) is 0 Å². The van der Waals surface area contributed by atoms with Crippen LogP contribution in [0.5, 0.6) is 5.75 Å². The molecule has 180 valence electrons. The average molecular weight is 461 g/mol. The smallest absolute Gasteiger partial charge is 0.387 e. The molecule has 1 aromatic heterocycles. The lowest BCUT2D eigenvalue weighted by Gasteiger charge is -2.14. The molecule has 1 aliphatic carbocycles. The molecule has 1 fully saturated rings. The number of aryl methyl sites for hydroxylation is 1. The number of Topliss-reactive ketones (excluding diaryl/α,β-unsaturated/α-hetero) is 1. The molecule has 1 heterocycles. The molecule has 1 saturated carbocycles. The van der Waals surface area contributed by atoms with Crippen LogP contribution in [0.1, 0.15) is 75.2 Å². The predicted octanol–water partition coefficient (Wildman–Crippen LogP) is 6.38. The Balaban J connectivity index is 0.000000468. The number of pyridine rings is 1. The minimum absolute atomic E-state index is 0.0419. The maximum absolute atomic E-state index is 12.4. The minimum Gasteiger partial charge on any atom is -0.434 e. The number of rotatable bonds is 8. The fourth-order valence-electron chi connectivity index (χ4n) is 3.88. The lowest BCUT2D eigenvalue weighted by Crippen LogP contribution is -2.39. The molecule has 1 aliphatic rings. The molecule has 2 aromatic rings. The number of amides is 1. The van der Waals surface area contributed by atoms with Crippen molar-refractivity contribution in [3.8, 4) is 5.75 Å². The number of carbonyl (C=O) groups is 2. The third-order valence-corrected chi connectivity index (χ3v) is 5.91. The number of hydrogen-bond donors (Lipinski definition) is 1. The van der Waals surface area contributed by atoms with Gasteiger partial charge in [-0.25, -0.2) is 0 Å². The van der Waals surface area contributed by atoms with E-state index in [1.165, 1.54) is 51.3 Å². The van der Waals surface area contributed by atoms with Gasteiger partial charge in [0.1, 0.15) is 5.75 Å². The molecule has 0 saturated heterocycles. The number of alkyl halides is 2. The van der Waals surface area contributed by atoms with Crippen LogP contribution in [0.15, 0.2) is 36.5 Å². The zero-order chi connectivity index (χ0) is 24.4. The molecule has 1 atom stereocenters. The molecule has 1 aromatic carbocycles. The molecule has 1 N–H and O–H groups in total. The fraction of sp³-hybridized carbons (Fsp3) is 0.500. The van der Waals surface area contributed by atoms with Crippen molar-refractivity contribution in [1.29, 1.82) is 0 Å². The summed E-state index contributed by atoms with van der Waals surface area (Å²) in [6.45, 7) is 4.27. The van der Waals surface area contributed by atoms with Gasteiger partial charge in [0.25, 0.3) is 5.91 Å². The molecule has 1 amide bonds. The first-order valence-electron chi connectivity index (χ1n) is 11.5. The van der Waals surface area contributed by atoms with E-state index < -0.39 is 18.6 Å². The summed E-state index contributed by atoms with van der Waals surface area (Å²) in [5, 5.41) is 3.30. The van der Waals surface area contributed by atoms with Gasteiger partial charge in [-0.15, -0.1) is 0 Å². The van der Waals surface area contributed by atoms with E-state index in [1.807, 2.05) is 13.0 Å². The van der Waals surface area contributed by atoms with E-state index in [1.54, 1.807) is 25.1 Å². The zero-order valence-electron chi connectivity index (χ0n) is 19.9. The van der Waals surface area contributed by atoms with Crippen LogP contribution in [0.3, 0.4) is 0 Å². The third-order valence-electron chi connectivity index (χ3n) is 5.91. The largest absolute Gasteiger partial charge is 0.434 e. The first kappa shape index (κ1) is 26.4. The van der Waals surface area contributed by atoms with Crippen LogP contribution in [0.25, 0.3) is 10.9 Å². The van der Waals surface area contributed by atoms with Crippen molar-refractivity contribution in [2.75, 3.05) is 0 Å². The molecule has 0 spiro atoms. The number of ketones is 1. The van der Waals surface area contributed by atoms with Crippen LogP contribution in [-0.4, -0.2) is 29.3 Å². The summed E-state index contributed by atoms with van der Waals surface area (Å²) in [5.74, 6) is 0.574. The summed E-state index contributed by atoms with van der Waals surface area (Å²) in [4.78, 5) is 28.2. The Morgan fingerprint density at radius 1 is 1.24 bits per heavy atom. The molecule has 0 unspecified atom stereocenters. The van der Waals surface area contributed by atoms with Crippen LogP contribution in [-0.2, 0) is 4.79 Å². The summed E-state index contributed by atoms with van der Waals surface area (Å²) in [7, 11) is 0. The average Bonchev–Trinajstić information content (AvgIpc) is 3.30. The highest BCUT2D eigenvalue weighted by Crippen LogP contribution is 2.27. The van der Waals surface area contributed by atoms with Gasteiger partial charge in [-0.3, -0.25) is 14.6 Å². The normalized spacial score (nSPS) is 14.9. The Kier molecular flexibility index (Phi) is 10.4. The number of nitrogens with zero attached hydrogens (tertiary/aromatic N) is 1. The highest BCUT2D eigenvalue weighted by Gasteiger charge is 2.18. The Hall–Kier alpha value is -2.83. The zero-order valence-corrected chi connectivity index (χ0v) is 19.9. The second-order valence-electron chi connectivity index (χ2n) is 8.41. The van der Waals surface area contributed by atoms with E-state index in [0.29, 0.717) is 22.9 Å². The number of benzene rings is 1. The lowest BCUT2D eigenvalue weighted by molar-refractivity contribution is -0.118. The first-order chi connectivity index (χ1) is 15.7. The summed E-state index contributed by atoms with van der Waals surface area (Å²) in [6, 6.07) is 4.02. The van der Waals surface area contributed by atoms with Crippen LogP contribution in [0.4, 0.5) is 8.78 Å². The Bertz CT molecular complexity index is 969. The summed E-state index contributed by atoms with van der Waals surface area (Å²) < 4.78 is 29.3. The molecule has 3 rings (SSSR count). The Morgan fingerprint density at radius 3 is 2.48 bits per heavy atom. The standard InChI is InChI=1S/C19H20F2N2O3.C7H14/c1-4-5-6-15(12(3)24)23-18(25)14-8-13-7-11(2)17(26-19(20)21)9-16(13)22-10-14;1-2-7-5-3-4-6-7/h4-5,7-10,15,19H,6H2,1-3H3,(H,23,25);7H,2-6H2,1H3/b5-4-;/t15-;/m0./s1. The van der Waals surface area contributed by atoms with Crippen molar-refractivity contribution < 1.29 is 23.1 Å². The molecular formula is C26H34F2N2O3. The van der Waals surface area contributed by atoms with Crippen LogP contribution in [0, 0.1) is 12.8 Å². The number of nitrogens with one attached hydrogen (secondary N) is 1. The lowest BCUT2D eigenvalue weighted by atomic mass is 10.1. The molecule has 5 nitrogen and oxygen atoms in total. The summed E-state index contributed by atoms with van der Waals surface area (Å²) in [6.07, 6.45) is 12.8. The number of hydrogen-bond acceptors (Lipinski definition) is 4. The highest BCUT2D eigenvalue weighted by atomic mass is 19.3. The van der Waals surface area contributed by atoms with Gasteiger partial charge in [0, 0.05) is 17.6 Å². The van der Waals surface area contributed by atoms with Crippen LogP contribution in [0.2, 0.25) is 0 Å². The van der Waals surface area contributed by atoms with E-state index in [2.05, 4.69) is 22.0 Å². The van der Waals surface area contributed by atoms with E-state index >= 15 is 0 Å². The van der Waals surface area contributed by atoms with Crippen molar-refractivity contribution in [2.24, 2.45) is 5.92 Å². The van der Waals surface area contributed by atoms with Crippen molar-refractivity contribution in [1.82, 2.24) is 10.3 Å². The Labute approximate surface area is 194 Å². The SMILES string of the molecule is C/C=C\C[C@H](NC(=O)c1cnc2cc(OC(F)F)c(C)cc2c1)C(C)=O.CCC1CCCC1. The monoisotopic (exact) mass is 460 g/mol. The first-order valence-corrected chi connectivity index (χ1v) is 11.5. The third kappa shape index (κ3) is 8.22. The van der Waals surface area contributed by atoms with Crippen molar-refractivity contribution in [3.63, 3.8) is 0 Å². The number of ether oxygens (including phenoxy) is 1. The maximum atomic E-state index is 12.4. The molecule has 7 heteroatoms. The second kappa shape index (κ2) is 13.0. The highest BCUT2D eigenvalue weighted by molar-refractivity contribution is 6.00. The molecule has 33 heavy (non-hydrogen) atoms. The van der Waals surface area contributed by atoms with Gasteiger partial charge >= 0.3 is 6.61 Å². The van der Waals surface area contributed by atoms with Crippen molar-refractivity contribution in [3.05, 3.63) is 47.7 Å². The van der Waals surface area contributed by atoms with Gasteiger partial charge in [-0.1, -0.05) is 51.2 Å². The molecule has 0 aliphatic heterocycles. The quantitative estimate of drug-likeness (QED) is 0.464. The van der Waals surface area contributed by atoms with Crippen LogP contribution < -0.4 is 10.1 Å². The summed E-state index contributed by atoms with van der Waals surface area (Å²) in [5.41, 5.74) is 1.22. The maximum Gasteiger partial charge on any atom is 0.387 e. The number of fused-ring (bicyclic) bond motifs is 1. The van der Waals surface area contributed by atoms with Crippen molar-refractivity contribution >= 4 is 22.6 Å². The molecule has 0 bridgehead atoms. The Morgan fingerprint density at radius 2 is 1.94 bits per heavy atom. The number of halogens is 2. The van der Waals surface area contributed by atoms with E-state index in [0.717, 1.165) is 5.92 Å². The molecule has 0 radical (unpaired) electrons. The van der Waals surface area contributed by atoms with Gasteiger partial charge in [-0.05, 0) is 50.8 Å². The summed E-state index contributed by atoms with van der Waals surface area (Å²) >= 11 is 0. The van der Waals surface area contributed by atoms with Crippen molar-refractivity contribution in [2.45, 2.75) is 78.9 Å². The van der Waals surface area contributed by atoms with E-state index in [9.17, 15) is 18.4 Å². The van der Waals surface area contributed by atoms with Gasteiger partial charge in [0.2, 0.25) is 0 Å². The van der Waals surface area contributed by atoms with Gasteiger partial charge in [0.15, 0.2) is 5.78 Å². The topological polar surface area (TPSA) is 68.3 Å². The van der Waals surface area contributed by atoms with Crippen LogP contribution >= 0.6 is 0 Å². The predicted molar refractivity (Wildman–Crippen MR) is 127 cm³/mol. The number of aromatic nitrogens is 1. The number of carbonyl (C=O) groups excluding carboxylic acids is 2. The van der Waals surface area contributed by atoms with Gasteiger partial charge < -0.3 is 10.1 Å². The minimum atomic E-state index is -2.92.